The minimum absolute atomic E-state index is 0.734. The van der Waals surface area contributed by atoms with Gasteiger partial charge in [-0.05, 0) is 60.7 Å². The van der Waals surface area contributed by atoms with Gasteiger partial charge in [0.25, 0.3) is 0 Å². The van der Waals surface area contributed by atoms with Gasteiger partial charge in [-0.2, -0.15) is 0 Å². The zero-order valence-corrected chi connectivity index (χ0v) is 25.3. The average molecular weight is 605 g/mol. The Balaban J connectivity index is 1.12. The molecule has 0 bridgehead atoms. The highest BCUT2D eigenvalue weighted by atomic mass is 15.3. The molecule has 9 aromatic rings. The Morgan fingerprint density at radius 3 is 1.57 bits per heavy atom. The maximum Gasteiger partial charge on any atom is 0.212 e. The molecule has 222 valence electrons. The van der Waals surface area contributed by atoms with Gasteiger partial charge in [-0.1, -0.05) is 91.0 Å². The maximum atomic E-state index is 5.08. The van der Waals surface area contributed by atoms with E-state index in [-0.39, 0.29) is 0 Å². The fourth-order valence-electron chi connectivity index (χ4n) is 6.49. The molecule has 0 saturated carbocycles. The van der Waals surface area contributed by atoms with Crippen molar-refractivity contribution < 1.29 is 0 Å². The molecule has 0 aliphatic heterocycles. The fourth-order valence-corrected chi connectivity index (χ4v) is 6.49. The van der Waals surface area contributed by atoms with Gasteiger partial charge < -0.3 is 9.55 Å². The molecule has 0 amide bonds. The Hall–Kier alpha value is -6.53. The van der Waals surface area contributed by atoms with E-state index < -0.39 is 0 Å². The number of nitrogens with zero attached hydrogens (tertiary/aromatic N) is 5. The van der Waals surface area contributed by atoms with Crippen LogP contribution in [0, 0.1) is 0 Å². The van der Waals surface area contributed by atoms with Crippen molar-refractivity contribution in [2.45, 2.75) is 0 Å². The summed E-state index contributed by atoms with van der Waals surface area (Å²) in [7, 11) is 0. The van der Waals surface area contributed by atoms with Gasteiger partial charge in [-0.15, -0.1) is 0 Å². The summed E-state index contributed by atoms with van der Waals surface area (Å²) in [5.74, 6) is 0.734. The lowest BCUT2D eigenvalue weighted by Gasteiger charge is -2.23. The summed E-state index contributed by atoms with van der Waals surface area (Å²) in [5.41, 5.74) is 10.9. The first kappa shape index (κ1) is 26.8. The molecule has 0 fully saturated rings. The molecule has 6 nitrogen and oxygen atoms in total. The molecule has 0 aliphatic rings. The monoisotopic (exact) mass is 604 g/mol. The third kappa shape index (κ3) is 4.62. The van der Waals surface area contributed by atoms with Crippen LogP contribution in [0.2, 0.25) is 0 Å². The summed E-state index contributed by atoms with van der Waals surface area (Å²) >= 11 is 0. The molecule has 0 aliphatic carbocycles. The van der Waals surface area contributed by atoms with Gasteiger partial charge >= 0.3 is 0 Å². The van der Waals surface area contributed by atoms with E-state index in [1.54, 1.807) is 6.20 Å². The molecule has 0 unspecified atom stereocenters. The van der Waals surface area contributed by atoms with Crippen molar-refractivity contribution in [2.75, 3.05) is 4.90 Å². The fraction of sp³-hybridized carbons (Fsp3) is 0. The van der Waals surface area contributed by atoms with Gasteiger partial charge in [0.05, 0.1) is 33.5 Å². The number of H-pyrrole nitrogens is 1. The van der Waals surface area contributed by atoms with Crippen LogP contribution < -0.4 is 4.90 Å². The quantitative estimate of drug-likeness (QED) is 0.205. The van der Waals surface area contributed by atoms with Gasteiger partial charge in [-0.3, -0.25) is 4.90 Å². The zero-order chi connectivity index (χ0) is 31.2. The van der Waals surface area contributed by atoms with Crippen LogP contribution in [0.4, 0.5) is 17.3 Å². The normalized spacial score (nSPS) is 11.4. The van der Waals surface area contributed by atoms with Crippen LogP contribution in [0.3, 0.4) is 0 Å². The maximum absolute atomic E-state index is 5.08. The van der Waals surface area contributed by atoms with Crippen LogP contribution in [0.5, 0.6) is 0 Å². The number of hydrogen-bond acceptors (Lipinski definition) is 4. The number of nitrogens with one attached hydrogen (secondary N) is 1. The van der Waals surface area contributed by atoms with Crippen molar-refractivity contribution in [1.82, 2.24) is 24.5 Å². The van der Waals surface area contributed by atoms with Crippen LogP contribution in [0.25, 0.3) is 61.0 Å². The first-order valence-electron chi connectivity index (χ1n) is 15.6. The summed E-state index contributed by atoms with van der Waals surface area (Å²) in [6.45, 7) is 0. The number of aromatic amines is 1. The van der Waals surface area contributed by atoms with Crippen molar-refractivity contribution >= 4 is 50.2 Å². The van der Waals surface area contributed by atoms with Crippen molar-refractivity contribution in [2.24, 2.45) is 0 Å². The minimum Gasteiger partial charge on any atom is -0.330 e. The first-order valence-corrected chi connectivity index (χ1v) is 15.6. The average Bonchev–Trinajstić information content (AvgIpc) is 3.79. The molecule has 0 atom stereocenters. The third-order valence-electron chi connectivity index (χ3n) is 8.66. The summed E-state index contributed by atoms with van der Waals surface area (Å²) in [5, 5.41) is 2.49. The molecule has 47 heavy (non-hydrogen) atoms. The summed E-state index contributed by atoms with van der Waals surface area (Å²) in [4.78, 5) is 20.2. The predicted octanol–water partition coefficient (Wildman–Crippen LogP) is 10.3. The molecule has 0 radical (unpaired) electrons. The molecule has 1 N–H and O–H groups in total. The van der Waals surface area contributed by atoms with E-state index in [2.05, 4.69) is 129 Å². The number of aromatic nitrogens is 5. The van der Waals surface area contributed by atoms with Gasteiger partial charge in [0.1, 0.15) is 0 Å². The topological polar surface area (TPSA) is 62.6 Å². The molecule has 6 aromatic carbocycles. The molecule has 3 aromatic heterocycles. The standard InChI is InChI=1S/C41H28N6/c1-2-10-28(11-3-1)39-40(45-36-15-7-6-14-35(36)44-39)29-18-20-30(21-19-29)46(41-42-26-27-43-41)31-22-24-32(25-23-31)47-37-16-8-4-12-33(37)34-13-5-9-17-38(34)47/h1-27H,(H,42,43). The van der Waals surface area contributed by atoms with Gasteiger partial charge in [0, 0.05) is 51.4 Å². The second kappa shape index (κ2) is 11.1. The number of hydrogen-bond donors (Lipinski definition) is 1. The van der Waals surface area contributed by atoms with Crippen LogP contribution in [-0.4, -0.2) is 24.5 Å². The summed E-state index contributed by atoms with van der Waals surface area (Å²) < 4.78 is 2.33. The second-order valence-corrected chi connectivity index (χ2v) is 11.5. The van der Waals surface area contributed by atoms with Crippen LogP contribution in [0.1, 0.15) is 0 Å². The Morgan fingerprint density at radius 2 is 1.00 bits per heavy atom. The predicted molar refractivity (Wildman–Crippen MR) is 192 cm³/mol. The van der Waals surface area contributed by atoms with E-state index in [0.29, 0.717) is 0 Å². The lowest BCUT2D eigenvalue weighted by atomic mass is 10.0. The first-order chi connectivity index (χ1) is 23.3. The Labute approximate surface area is 271 Å². The molecule has 6 heteroatoms. The van der Waals surface area contributed by atoms with E-state index >= 15 is 0 Å². The molecular weight excluding hydrogens is 576 g/mol. The molecule has 0 saturated heterocycles. The highest BCUT2D eigenvalue weighted by molar-refractivity contribution is 6.09. The zero-order valence-electron chi connectivity index (χ0n) is 25.3. The largest absolute Gasteiger partial charge is 0.330 e. The lowest BCUT2D eigenvalue weighted by Crippen LogP contribution is -2.11. The number of benzene rings is 6. The van der Waals surface area contributed by atoms with Gasteiger partial charge in [0.2, 0.25) is 5.95 Å². The van der Waals surface area contributed by atoms with Crippen LogP contribution in [0.15, 0.2) is 164 Å². The van der Waals surface area contributed by atoms with E-state index in [1.165, 1.54) is 21.8 Å². The SMILES string of the molecule is c1ccc(-c2nc3ccccc3nc2-c2ccc(N(c3ccc(-n4c5ccccc5c5ccccc54)cc3)c3ncc[nH]3)cc2)cc1. The second-order valence-electron chi connectivity index (χ2n) is 11.5. The summed E-state index contributed by atoms with van der Waals surface area (Å²) in [6, 6.07) is 52.5. The molecule has 9 rings (SSSR count). The van der Waals surface area contributed by atoms with Crippen LogP contribution >= 0.6 is 0 Å². The van der Waals surface area contributed by atoms with Crippen molar-refractivity contribution in [3.8, 4) is 28.2 Å². The van der Waals surface area contributed by atoms with E-state index in [4.69, 9.17) is 9.97 Å². The Bertz CT molecular complexity index is 2440. The van der Waals surface area contributed by atoms with Crippen LogP contribution in [-0.2, 0) is 0 Å². The number of para-hydroxylation sites is 4. The van der Waals surface area contributed by atoms with Gasteiger partial charge in [0.15, 0.2) is 0 Å². The number of anilines is 3. The van der Waals surface area contributed by atoms with E-state index in [1.807, 2.05) is 48.7 Å². The third-order valence-corrected chi connectivity index (χ3v) is 8.66. The van der Waals surface area contributed by atoms with Crippen molar-refractivity contribution in [1.29, 1.82) is 0 Å². The molecular formula is C41H28N6. The highest BCUT2D eigenvalue weighted by Crippen LogP contribution is 2.37. The Kier molecular flexibility index (Phi) is 6.35. The number of fused-ring (bicyclic) bond motifs is 4. The summed E-state index contributed by atoms with van der Waals surface area (Å²) in [6.07, 6.45) is 3.62. The molecule has 3 heterocycles. The number of rotatable bonds is 6. The van der Waals surface area contributed by atoms with Gasteiger partial charge in [-0.25, -0.2) is 15.0 Å². The minimum atomic E-state index is 0.734. The lowest BCUT2D eigenvalue weighted by molar-refractivity contribution is 1.14. The van der Waals surface area contributed by atoms with Crippen molar-refractivity contribution in [3.63, 3.8) is 0 Å². The van der Waals surface area contributed by atoms with Crippen molar-refractivity contribution in [3.05, 3.63) is 164 Å². The molecule has 0 spiro atoms. The number of imidazole rings is 1. The van der Waals surface area contributed by atoms with E-state index in [0.717, 1.165) is 56.6 Å². The smallest absolute Gasteiger partial charge is 0.212 e. The van der Waals surface area contributed by atoms with E-state index in [9.17, 15) is 0 Å². The highest BCUT2D eigenvalue weighted by Gasteiger charge is 2.18. The Morgan fingerprint density at radius 1 is 0.489 bits per heavy atom.